The third-order valence-electron chi connectivity index (χ3n) is 4.75. The van der Waals surface area contributed by atoms with Crippen LogP contribution in [0.1, 0.15) is 43.1 Å². The lowest BCUT2D eigenvalue weighted by Gasteiger charge is -2.12. The normalized spacial score (nSPS) is 15.1. The van der Waals surface area contributed by atoms with E-state index >= 15 is 0 Å². The summed E-state index contributed by atoms with van der Waals surface area (Å²) in [4.78, 5) is 11.8. The molecule has 0 radical (unpaired) electrons. The van der Waals surface area contributed by atoms with E-state index in [0.29, 0.717) is 11.6 Å². The molecule has 1 N–H and O–H groups in total. The van der Waals surface area contributed by atoms with Crippen molar-refractivity contribution in [2.24, 2.45) is 0 Å². The molecule has 0 bridgehead atoms. The van der Waals surface area contributed by atoms with E-state index < -0.39 is 11.9 Å². The summed E-state index contributed by atoms with van der Waals surface area (Å²) >= 11 is 0. The fourth-order valence-corrected chi connectivity index (χ4v) is 3.33. The average molecular weight is 388 g/mol. The third-order valence-corrected chi connectivity index (χ3v) is 4.75. The molecule has 1 aliphatic carbocycles. The molecule has 4 rings (SSSR count). The smallest absolute Gasteiger partial charge is 0.364 e. The summed E-state index contributed by atoms with van der Waals surface area (Å²) in [5, 5.41) is 7.48. The molecule has 3 aromatic heterocycles. The number of rotatable bonds is 5. The zero-order chi connectivity index (χ0) is 19.6. The van der Waals surface area contributed by atoms with E-state index in [9.17, 15) is 13.2 Å². The van der Waals surface area contributed by atoms with Gasteiger partial charge in [0.05, 0.1) is 18.3 Å². The van der Waals surface area contributed by atoms with Crippen molar-refractivity contribution >= 4 is 5.82 Å². The van der Waals surface area contributed by atoms with Gasteiger partial charge in [0.1, 0.15) is 5.82 Å². The van der Waals surface area contributed by atoms with Crippen molar-refractivity contribution in [1.29, 1.82) is 0 Å². The van der Waals surface area contributed by atoms with E-state index in [4.69, 9.17) is 0 Å². The minimum absolute atomic E-state index is 0.0260. The molecule has 146 valence electrons. The molecule has 1 saturated carbocycles. The maximum atomic E-state index is 13.3. The number of nitrogens with zero attached hydrogens (tertiary/aromatic N) is 5. The quantitative estimate of drug-likeness (QED) is 0.698. The Hall–Kier alpha value is -2.97. The molecule has 1 aliphatic rings. The highest BCUT2D eigenvalue weighted by molar-refractivity contribution is 5.56. The number of anilines is 1. The summed E-state index contributed by atoms with van der Waals surface area (Å²) < 4.78 is 41.7. The first-order valence-electron chi connectivity index (χ1n) is 9.13. The molecule has 9 heteroatoms. The summed E-state index contributed by atoms with van der Waals surface area (Å²) in [6.45, 7) is 0.278. The Morgan fingerprint density at radius 1 is 1.14 bits per heavy atom. The van der Waals surface area contributed by atoms with Crippen molar-refractivity contribution in [2.45, 2.75) is 44.4 Å². The average Bonchev–Trinajstić information content (AvgIpc) is 3.38. The van der Waals surface area contributed by atoms with Crippen LogP contribution < -0.4 is 5.32 Å². The Balaban J connectivity index is 1.55. The van der Waals surface area contributed by atoms with Crippen LogP contribution in [0.25, 0.3) is 11.4 Å². The predicted octanol–water partition coefficient (Wildman–Crippen LogP) is 4.48. The van der Waals surface area contributed by atoms with Crippen LogP contribution in [0.5, 0.6) is 0 Å². The van der Waals surface area contributed by atoms with Crippen LogP contribution in [-0.2, 0) is 12.7 Å². The van der Waals surface area contributed by atoms with Crippen molar-refractivity contribution in [1.82, 2.24) is 24.7 Å². The van der Waals surface area contributed by atoms with Crippen LogP contribution in [0.3, 0.4) is 0 Å². The van der Waals surface area contributed by atoms with Crippen LogP contribution in [0.4, 0.5) is 19.0 Å². The molecule has 1 fully saturated rings. The molecule has 28 heavy (non-hydrogen) atoms. The second kappa shape index (κ2) is 7.57. The van der Waals surface area contributed by atoms with Crippen molar-refractivity contribution in [2.75, 3.05) is 5.32 Å². The predicted molar refractivity (Wildman–Crippen MR) is 97.3 cm³/mol. The van der Waals surface area contributed by atoms with E-state index in [1.54, 1.807) is 12.1 Å². The van der Waals surface area contributed by atoms with Gasteiger partial charge in [-0.15, -0.1) is 0 Å². The van der Waals surface area contributed by atoms with Gasteiger partial charge >= 0.3 is 6.18 Å². The van der Waals surface area contributed by atoms with Gasteiger partial charge in [-0.3, -0.25) is 9.67 Å². The number of alkyl halides is 3. The molecule has 6 nitrogen and oxygen atoms in total. The molecule has 3 heterocycles. The number of pyridine rings is 1. The van der Waals surface area contributed by atoms with Crippen molar-refractivity contribution in [3.63, 3.8) is 0 Å². The maximum absolute atomic E-state index is 13.3. The van der Waals surface area contributed by atoms with E-state index in [1.807, 2.05) is 16.9 Å². The van der Waals surface area contributed by atoms with Gasteiger partial charge in [0, 0.05) is 30.2 Å². The van der Waals surface area contributed by atoms with Crippen LogP contribution >= 0.6 is 0 Å². The second-order valence-corrected chi connectivity index (χ2v) is 6.78. The standard InChI is InChI=1S/C19H19F3N6/c20-19(21,22)16-10-17(26-18(25-16)13-4-3-8-23-11-13)24-12-14-7-9-28(27-14)15-5-1-2-6-15/h3-4,7-11,15H,1-2,5-6,12H2,(H,24,25,26). The van der Waals surface area contributed by atoms with Gasteiger partial charge in [0.2, 0.25) is 0 Å². The first kappa shape index (κ1) is 18.4. The zero-order valence-corrected chi connectivity index (χ0v) is 15.0. The second-order valence-electron chi connectivity index (χ2n) is 6.78. The van der Waals surface area contributed by atoms with Crippen molar-refractivity contribution in [3.05, 3.63) is 54.2 Å². The summed E-state index contributed by atoms with van der Waals surface area (Å²) in [5.41, 5.74) is 0.171. The number of nitrogens with one attached hydrogen (secondary N) is 1. The molecule has 0 spiro atoms. The monoisotopic (exact) mass is 388 g/mol. The first-order valence-corrected chi connectivity index (χ1v) is 9.13. The lowest BCUT2D eigenvalue weighted by molar-refractivity contribution is -0.141. The summed E-state index contributed by atoms with van der Waals surface area (Å²) in [6, 6.07) is 6.45. The molecule has 0 aromatic carbocycles. The van der Waals surface area contributed by atoms with Gasteiger partial charge in [0.25, 0.3) is 0 Å². The van der Waals surface area contributed by atoms with Crippen LogP contribution in [-0.4, -0.2) is 24.7 Å². The summed E-state index contributed by atoms with van der Waals surface area (Å²) in [6.07, 6.45) is 4.97. The summed E-state index contributed by atoms with van der Waals surface area (Å²) in [7, 11) is 0. The maximum Gasteiger partial charge on any atom is 0.433 e. The van der Waals surface area contributed by atoms with E-state index in [-0.39, 0.29) is 18.2 Å². The lowest BCUT2D eigenvalue weighted by Crippen LogP contribution is -2.12. The third kappa shape index (κ3) is 4.13. The van der Waals surface area contributed by atoms with E-state index in [0.717, 1.165) is 24.6 Å². The number of hydrogen-bond donors (Lipinski definition) is 1. The van der Waals surface area contributed by atoms with Crippen LogP contribution in [0, 0.1) is 0 Å². The van der Waals surface area contributed by atoms with Gasteiger partial charge in [-0.25, -0.2) is 9.97 Å². The van der Waals surface area contributed by atoms with E-state index in [2.05, 4.69) is 25.4 Å². The largest absolute Gasteiger partial charge is 0.433 e. The molecule has 3 aromatic rings. The molecular weight excluding hydrogens is 369 g/mol. The van der Waals surface area contributed by atoms with Gasteiger partial charge < -0.3 is 5.32 Å². The lowest BCUT2D eigenvalue weighted by atomic mass is 10.2. The Labute approximate surface area is 159 Å². The summed E-state index contributed by atoms with van der Waals surface area (Å²) in [5.74, 6) is 0.0681. The molecule has 0 atom stereocenters. The van der Waals surface area contributed by atoms with Crippen LogP contribution in [0.15, 0.2) is 42.9 Å². The Morgan fingerprint density at radius 3 is 2.68 bits per heavy atom. The highest BCUT2D eigenvalue weighted by Crippen LogP contribution is 2.31. The van der Waals surface area contributed by atoms with Gasteiger partial charge in [-0.1, -0.05) is 12.8 Å². The van der Waals surface area contributed by atoms with Gasteiger partial charge in [-0.2, -0.15) is 18.3 Å². The molecule has 0 aliphatic heterocycles. The highest BCUT2D eigenvalue weighted by atomic mass is 19.4. The number of halogens is 3. The molecule has 0 unspecified atom stereocenters. The minimum Gasteiger partial charge on any atom is -0.364 e. The van der Waals surface area contributed by atoms with Gasteiger partial charge in [-0.05, 0) is 31.0 Å². The Kier molecular flexibility index (Phi) is 4.97. The first-order chi connectivity index (χ1) is 13.5. The Bertz CT molecular complexity index is 932. The highest BCUT2D eigenvalue weighted by Gasteiger charge is 2.34. The topological polar surface area (TPSA) is 68.5 Å². The minimum atomic E-state index is -4.57. The fraction of sp³-hybridized carbons (Fsp3) is 0.368. The fourth-order valence-electron chi connectivity index (χ4n) is 3.33. The number of hydrogen-bond acceptors (Lipinski definition) is 5. The Morgan fingerprint density at radius 2 is 1.96 bits per heavy atom. The molecule has 0 saturated heterocycles. The van der Waals surface area contributed by atoms with E-state index in [1.165, 1.54) is 25.2 Å². The van der Waals surface area contributed by atoms with Gasteiger partial charge in [0.15, 0.2) is 11.5 Å². The van der Waals surface area contributed by atoms with Crippen LogP contribution in [0.2, 0.25) is 0 Å². The zero-order valence-electron chi connectivity index (χ0n) is 15.0. The van der Waals surface area contributed by atoms with Crippen molar-refractivity contribution in [3.8, 4) is 11.4 Å². The molecule has 0 amide bonds. The van der Waals surface area contributed by atoms with Crippen molar-refractivity contribution < 1.29 is 13.2 Å². The SMILES string of the molecule is FC(F)(F)c1cc(NCc2ccn(C3CCCC3)n2)nc(-c2cccnc2)n1. The molecular formula is C19H19F3N6. The number of aromatic nitrogens is 5.